The number of hydrogen-bond donors (Lipinski definition) is 2. The quantitative estimate of drug-likeness (QED) is 0.188. The van der Waals surface area contributed by atoms with Gasteiger partial charge in [-0.1, -0.05) is 6.58 Å². The molecule has 36 heavy (non-hydrogen) atoms. The van der Waals surface area contributed by atoms with E-state index < -0.39 is 24.3 Å². The van der Waals surface area contributed by atoms with Gasteiger partial charge in [0.25, 0.3) is 0 Å². The molecule has 2 aromatic rings. The molecule has 11 nitrogen and oxygen atoms in total. The number of benzene rings is 2. The van der Waals surface area contributed by atoms with Crippen molar-refractivity contribution in [3.63, 3.8) is 0 Å². The molecule has 2 unspecified atom stereocenters. The van der Waals surface area contributed by atoms with Gasteiger partial charge >= 0.3 is 18.2 Å². The van der Waals surface area contributed by atoms with Crippen LogP contribution in [-0.4, -0.2) is 57.8 Å². The summed E-state index contributed by atoms with van der Waals surface area (Å²) < 4.78 is 30.7. The molecular weight excluding hydrogens is 472 g/mol. The molecule has 0 bridgehead atoms. The Morgan fingerprint density at radius 2 is 1.14 bits per heavy atom. The van der Waals surface area contributed by atoms with Crippen molar-refractivity contribution in [1.29, 1.82) is 0 Å². The predicted octanol–water partition coefficient (Wildman–Crippen LogP) is 4.35. The van der Waals surface area contributed by atoms with Gasteiger partial charge in [-0.25, -0.2) is 14.4 Å². The fourth-order valence-corrected chi connectivity index (χ4v) is 2.66. The Bertz CT molecular complexity index is 939. The van der Waals surface area contributed by atoms with E-state index in [1.807, 2.05) is 0 Å². The molecule has 0 aliphatic rings. The first kappa shape index (κ1) is 27.8. The number of hydrogen-bond acceptors (Lipinski definition) is 9. The van der Waals surface area contributed by atoms with Crippen LogP contribution in [0.2, 0.25) is 0 Å². The summed E-state index contributed by atoms with van der Waals surface area (Å²) in [6, 6.07) is 13.0. The summed E-state index contributed by atoms with van der Waals surface area (Å²) >= 11 is 0. The van der Waals surface area contributed by atoms with Crippen LogP contribution in [0.15, 0.2) is 60.9 Å². The number of ether oxygens (including phenoxy) is 6. The van der Waals surface area contributed by atoms with Gasteiger partial charge in [-0.05, 0) is 62.4 Å². The molecular formula is C25H30N2O9. The number of rotatable bonds is 12. The molecule has 0 aliphatic heterocycles. The van der Waals surface area contributed by atoms with Crippen LogP contribution in [0.3, 0.4) is 0 Å². The number of carbonyl (C=O) groups is 3. The minimum Gasteiger partial charge on any atom is -0.498 e. The van der Waals surface area contributed by atoms with Crippen LogP contribution < -0.4 is 20.1 Å². The molecule has 0 aromatic heterocycles. The lowest BCUT2D eigenvalue weighted by Crippen LogP contribution is -2.24. The number of carbonyl (C=O) groups excluding carboxylic acids is 3. The van der Waals surface area contributed by atoms with Gasteiger partial charge in [0.15, 0.2) is 12.2 Å². The zero-order valence-electron chi connectivity index (χ0n) is 20.6. The van der Waals surface area contributed by atoms with Gasteiger partial charge < -0.3 is 28.4 Å². The minimum atomic E-state index is -0.764. The third kappa shape index (κ3) is 9.45. The molecule has 2 N–H and O–H groups in total. The Morgan fingerprint density at radius 1 is 0.722 bits per heavy atom. The molecule has 194 valence electrons. The van der Waals surface area contributed by atoms with Crippen molar-refractivity contribution in [2.45, 2.75) is 26.1 Å². The van der Waals surface area contributed by atoms with E-state index in [1.54, 1.807) is 62.4 Å². The highest BCUT2D eigenvalue weighted by Crippen LogP contribution is 2.19. The number of anilines is 2. The first-order valence-electron chi connectivity index (χ1n) is 10.9. The largest absolute Gasteiger partial charge is 0.498 e. The van der Waals surface area contributed by atoms with E-state index in [4.69, 9.17) is 23.7 Å². The highest BCUT2D eigenvalue weighted by molar-refractivity contribution is 5.85. The molecule has 11 heteroatoms. The minimum absolute atomic E-state index is 0.144. The van der Waals surface area contributed by atoms with E-state index in [9.17, 15) is 14.4 Å². The molecule has 0 aliphatic carbocycles. The van der Waals surface area contributed by atoms with Gasteiger partial charge in [0, 0.05) is 11.4 Å². The van der Waals surface area contributed by atoms with Gasteiger partial charge in [-0.15, -0.1) is 0 Å². The Balaban J connectivity index is 1.66. The molecule has 0 saturated carbocycles. The number of amides is 2. The average Bonchev–Trinajstić information content (AvgIpc) is 2.87. The third-order valence-corrected chi connectivity index (χ3v) is 4.63. The Labute approximate surface area is 209 Å². The van der Waals surface area contributed by atoms with Crippen LogP contribution >= 0.6 is 0 Å². The molecule has 2 atom stereocenters. The number of methoxy groups -OCH3 is 2. The number of nitrogens with one attached hydrogen (secondary N) is 2. The van der Waals surface area contributed by atoms with Gasteiger partial charge in [-0.2, -0.15) is 0 Å². The van der Waals surface area contributed by atoms with Crippen LogP contribution in [0.1, 0.15) is 13.8 Å². The molecule has 0 saturated heterocycles. The van der Waals surface area contributed by atoms with Crippen molar-refractivity contribution in [1.82, 2.24) is 0 Å². The average molecular weight is 503 g/mol. The van der Waals surface area contributed by atoms with E-state index in [0.717, 1.165) is 0 Å². The lowest BCUT2D eigenvalue weighted by Gasteiger charge is -2.16. The lowest BCUT2D eigenvalue weighted by molar-refractivity contribution is -0.147. The maximum atomic E-state index is 11.9. The Kier molecular flexibility index (Phi) is 10.9. The molecule has 2 amide bonds. The molecule has 0 spiro atoms. The zero-order chi connectivity index (χ0) is 26.5. The summed E-state index contributed by atoms with van der Waals surface area (Å²) in [5.74, 6) is 1.00. The second-order valence-electron chi connectivity index (χ2n) is 7.28. The van der Waals surface area contributed by atoms with Gasteiger partial charge in [-0.3, -0.25) is 10.6 Å². The maximum absolute atomic E-state index is 11.9. The van der Waals surface area contributed by atoms with Crippen molar-refractivity contribution in [3.05, 3.63) is 60.9 Å². The second-order valence-corrected chi connectivity index (χ2v) is 7.28. The van der Waals surface area contributed by atoms with Crippen molar-refractivity contribution in [3.8, 4) is 11.5 Å². The Hall–Kier alpha value is -4.41. The highest BCUT2D eigenvalue weighted by Gasteiger charge is 2.15. The summed E-state index contributed by atoms with van der Waals surface area (Å²) in [5.41, 5.74) is 0.947. The number of esters is 1. The van der Waals surface area contributed by atoms with Crippen molar-refractivity contribution in [2.24, 2.45) is 0 Å². The fourth-order valence-electron chi connectivity index (χ4n) is 2.66. The molecule has 0 radical (unpaired) electrons. The first-order chi connectivity index (χ1) is 17.2. The van der Waals surface area contributed by atoms with Crippen LogP contribution in [-0.2, 0) is 23.7 Å². The molecule has 0 heterocycles. The van der Waals surface area contributed by atoms with E-state index in [1.165, 1.54) is 14.2 Å². The van der Waals surface area contributed by atoms with Crippen molar-refractivity contribution < 1.29 is 42.8 Å². The van der Waals surface area contributed by atoms with Crippen molar-refractivity contribution in [2.75, 3.05) is 38.1 Å². The predicted molar refractivity (Wildman–Crippen MR) is 131 cm³/mol. The fraction of sp³-hybridized carbons (Fsp3) is 0.320. The van der Waals surface area contributed by atoms with Gasteiger partial charge in [0.05, 0.1) is 14.2 Å². The summed E-state index contributed by atoms with van der Waals surface area (Å²) in [4.78, 5) is 35.2. The summed E-state index contributed by atoms with van der Waals surface area (Å²) in [6.45, 7) is 6.81. The zero-order valence-corrected chi connectivity index (χ0v) is 20.6. The standard InChI is InChI=1S/C25H30N2O9/c1-16(31-4)17(2)35-21-10-6-19(7-11-21)26-24(29)33-14-15-34-25(30)27-20-8-12-22(13-9-20)36-18(3)23(28)32-5/h6-13,17-18H,1,14-15H2,2-5H3,(H,26,29)(H,27,30). The van der Waals surface area contributed by atoms with E-state index in [-0.39, 0.29) is 19.3 Å². The van der Waals surface area contributed by atoms with Crippen LogP contribution in [0.25, 0.3) is 0 Å². The first-order valence-corrected chi connectivity index (χ1v) is 10.9. The monoisotopic (exact) mass is 502 g/mol. The van der Waals surface area contributed by atoms with Gasteiger partial charge in [0.1, 0.15) is 30.5 Å². The molecule has 2 rings (SSSR count). The topological polar surface area (TPSA) is 131 Å². The van der Waals surface area contributed by atoms with E-state index in [2.05, 4.69) is 21.9 Å². The smallest absolute Gasteiger partial charge is 0.411 e. The van der Waals surface area contributed by atoms with E-state index >= 15 is 0 Å². The normalized spacial score (nSPS) is 11.8. The summed E-state index contributed by atoms with van der Waals surface area (Å²) in [6.07, 6.45) is -2.52. The van der Waals surface area contributed by atoms with Crippen molar-refractivity contribution >= 4 is 29.5 Å². The maximum Gasteiger partial charge on any atom is 0.411 e. The van der Waals surface area contributed by atoms with Crippen LogP contribution in [0.4, 0.5) is 21.0 Å². The van der Waals surface area contributed by atoms with E-state index in [0.29, 0.717) is 28.6 Å². The highest BCUT2D eigenvalue weighted by atomic mass is 16.6. The lowest BCUT2D eigenvalue weighted by atomic mass is 10.3. The third-order valence-electron chi connectivity index (χ3n) is 4.63. The molecule has 2 aromatic carbocycles. The van der Waals surface area contributed by atoms with Gasteiger partial charge in [0.2, 0.25) is 0 Å². The van der Waals surface area contributed by atoms with Crippen LogP contribution in [0, 0.1) is 0 Å². The SMILES string of the molecule is C=C(OC)C(C)Oc1ccc(NC(=O)OCCOC(=O)Nc2ccc(OC(C)C(=O)OC)cc2)cc1. The van der Waals surface area contributed by atoms with Crippen LogP contribution in [0.5, 0.6) is 11.5 Å². The molecule has 0 fully saturated rings. The second kappa shape index (κ2) is 14.1. The Morgan fingerprint density at radius 3 is 1.53 bits per heavy atom. The summed E-state index contributed by atoms with van der Waals surface area (Å²) in [5, 5.41) is 5.08. The summed E-state index contributed by atoms with van der Waals surface area (Å²) in [7, 11) is 2.79.